The second-order valence-corrected chi connectivity index (χ2v) is 3.40. The number of ketones is 1. The SMILES string of the molecule is CCOC1CCCC(=O)CCC1. The Kier molecular flexibility index (Phi) is 4.30. The number of rotatable bonds is 2. The Balaban J connectivity index is 2.25. The van der Waals surface area contributed by atoms with Crippen LogP contribution in [0.4, 0.5) is 0 Å². The van der Waals surface area contributed by atoms with E-state index in [0.717, 1.165) is 45.1 Å². The first kappa shape index (κ1) is 9.72. The lowest BCUT2D eigenvalue weighted by molar-refractivity contribution is -0.120. The molecule has 0 N–H and O–H groups in total. The van der Waals surface area contributed by atoms with E-state index in [-0.39, 0.29) is 0 Å². The topological polar surface area (TPSA) is 26.3 Å². The van der Waals surface area contributed by atoms with E-state index in [4.69, 9.17) is 4.74 Å². The molecule has 0 aromatic heterocycles. The van der Waals surface area contributed by atoms with Crippen LogP contribution in [-0.2, 0) is 9.53 Å². The highest BCUT2D eigenvalue weighted by Gasteiger charge is 2.13. The van der Waals surface area contributed by atoms with E-state index in [1.807, 2.05) is 6.92 Å². The monoisotopic (exact) mass is 170 g/mol. The summed E-state index contributed by atoms with van der Waals surface area (Å²) in [6, 6.07) is 0. The molecular weight excluding hydrogens is 152 g/mol. The Hall–Kier alpha value is -0.370. The average molecular weight is 170 g/mol. The third-order valence-corrected chi connectivity index (χ3v) is 2.37. The van der Waals surface area contributed by atoms with Crippen LogP contribution in [0, 0.1) is 0 Å². The zero-order valence-electron chi connectivity index (χ0n) is 7.84. The smallest absolute Gasteiger partial charge is 0.132 e. The van der Waals surface area contributed by atoms with Crippen LogP contribution in [0.1, 0.15) is 45.4 Å². The zero-order chi connectivity index (χ0) is 8.81. The Morgan fingerprint density at radius 3 is 2.42 bits per heavy atom. The van der Waals surface area contributed by atoms with Gasteiger partial charge in [0.2, 0.25) is 0 Å². The van der Waals surface area contributed by atoms with E-state index in [2.05, 4.69) is 0 Å². The maximum absolute atomic E-state index is 11.1. The molecule has 0 amide bonds. The normalized spacial score (nSPS) is 21.9. The van der Waals surface area contributed by atoms with Crippen molar-refractivity contribution in [3.8, 4) is 0 Å². The summed E-state index contributed by atoms with van der Waals surface area (Å²) in [5.41, 5.74) is 0. The van der Waals surface area contributed by atoms with Crippen molar-refractivity contribution in [2.24, 2.45) is 0 Å². The average Bonchev–Trinajstić information content (AvgIpc) is 2.00. The molecule has 0 heterocycles. The molecule has 70 valence electrons. The van der Waals surface area contributed by atoms with Gasteiger partial charge in [-0.05, 0) is 32.6 Å². The summed E-state index contributed by atoms with van der Waals surface area (Å²) in [6.45, 7) is 2.84. The third-order valence-electron chi connectivity index (χ3n) is 2.37. The molecule has 0 aromatic rings. The van der Waals surface area contributed by atoms with Gasteiger partial charge >= 0.3 is 0 Å². The first-order valence-electron chi connectivity index (χ1n) is 4.96. The maximum Gasteiger partial charge on any atom is 0.132 e. The van der Waals surface area contributed by atoms with Crippen molar-refractivity contribution >= 4 is 5.78 Å². The largest absolute Gasteiger partial charge is 0.379 e. The Morgan fingerprint density at radius 1 is 1.33 bits per heavy atom. The van der Waals surface area contributed by atoms with Gasteiger partial charge in [0.05, 0.1) is 6.10 Å². The lowest BCUT2D eigenvalue weighted by Gasteiger charge is -2.18. The fourth-order valence-corrected chi connectivity index (χ4v) is 1.73. The molecule has 12 heavy (non-hydrogen) atoms. The summed E-state index contributed by atoms with van der Waals surface area (Å²) in [5.74, 6) is 0.435. The van der Waals surface area contributed by atoms with Crippen LogP contribution in [0.3, 0.4) is 0 Å². The zero-order valence-corrected chi connectivity index (χ0v) is 7.84. The van der Waals surface area contributed by atoms with Gasteiger partial charge in [-0.25, -0.2) is 0 Å². The molecule has 2 heteroatoms. The van der Waals surface area contributed by atoms with Crippen LogP contribution in [0.2, 0.25) is 0 Å². The molecule has 1 aliphatic rings. The van der Waals surface area contributed by atoms with Gasteiger partial charge < -0.3 is 4.74 Å². The van der Waals surface area contributed by atoms with Crippen molar-refractivity contribution in [1.29, 1.82) is 0 Å². The van der Waals surface area contributed by atoms with Crippen LogP contribution >= 0.6 is 0 Å². The number of hydrogen-bond donors (Lipinski definition) is 0. The minimum Gasteiger partial charge on any atom is -0.379 e. The molecule has 0 spiro atoms. The molecule has 1 saturated carbocycles. The predicted octanol–water partition coefficient (Wildman–Crippen LogP) is 2.31. The van der Waals surface area contributed by atoms with E-state index >= 15 is 0 Å². The van der Waals surface area contributed by atoms with Gasteiger partial charge in [-0.15, -0.1) is 0 Å². The highest BCUT2D eigenvalue weighted by atomic mass is 16.5. The fourth-order valence-electron chi connectivity index (χ4n) is 1.73. The van der Waals surface area contributed by atoms with E-state index in [9.17, 15) is 4.79 Å². The Bertz CT molecular complexity index is 131. The number of hydrogen-bond acceptors (Lipinski definition) is 2. The molecule has 0 aliphatic heterocycles. The van der Waals surface area contributed by atoms with Crippen molar-refractivity contribution < 1.29 is 9.53 Å². The Labute approximate surface area is 74.3 Å². The first-order chi connectivity index (χ1) is 5.83. The summed E-state index contributed by atoms with van der Waals surface area (Å²) >= 11 is 0. The van der Waals surface area contributed by atoms with Gasteiger partial charge in [0.15, 0.2) is 0 Å². The second-order valence-electron chi connectivity index (χ2n) is 3.40. The molecular formula is C10H18O2. The van der Waals surface area contributed by atoms with E-state index in [1.54, 1.807) is 0 Å². The van der Waals surface area contributed by atoms with Gasteiger partial charge in [-0.3, -0.25) is 4.79 Å². The van der Waals surface area contributed by atoms with Gasteiger partial charge in [0.1, 0.15) is 5.78 Å². The molecule has 1 fully saturated rings. The van der Waals surface area contributed by atoms with Gasteiger partial charge in [-0.1, -0.05) is 0 Å². The van der Waals surface area contributed by atoms with E-state index in [1.165, 1.54) is 0 Å². The van der Waals surface area contributed by atoms with Crippen LogP contribution < -0.4 is 0 Å². The highest BCUT2D eigenvalue weighted by Crippen LogP contribution is 2.17. The highest BCUT2D eigenvalue weighted by molar-refractivity contribution is 5.78. The number of Topliss-reactive ketones (excluding diaryl/α,β-unsaturated/α-hetero) is 1. The lowest BCUT2D eigenvalue weighted by atomic mass is 9.98. The van der Waals surface area contributed by atoms with Crippen LogP contribution in [-0.4, -0.2) is 18.5 Å². The lowest BCUT2D eigenvalue weighted by Crippen LogP contribution is -2.16. The molecule has 0 unspecified atom stereocenters. The molecule has 0 saturated heterocycles. The summed E-state index contributed by atoms with van der Waals surface area (Å²) in [7, 11) is 0. The standard InChI is InChI=1S/C10H18O2/c1-2-12-10-7-3-5-9(11)6-4-8-10/h10H,2-8H2,1H3. The molecule has 0 atom stereocenters. The summed E-state index contributed by atoms with van der Waals surface area (Å²) in [4.78, 5) is 11.1. The van der Waals surface area contributed by atoms with Gasteiger partial charge in [-0.2, -0.15) is 0 Å². The van der Waals surface area contributed by atoms with Crippen molar-refractivity contribution in [2.75, 3.05) is 6.61 Å². The number of ether oxygens (including phenoxy) is 1. The summed E-state index contributed by atoms with van der Waals surface area (Å²) in [6.07, 6.45) is 6.13. The van der Waals surface area contributed by atoms with Gasteiger partial charge in [0, 0.05) is 19.4 Å². The molecule has 1 rings (SSSR count). The van der Waals surface area contributed by atoms with Crippen LogP contribution in [0.25, 0.3) is 0 Å². The fraction of sp³-hybridized carbons (Fsp3) is 0.900. The molecule has 2 nitrogen and oxygen atoms in total. The molecule has 0 bridgehead atoms. The summed E-state index contributed by atoms with van der Waals surface area (Å²) < 4.78 is 5.54. The van der Waals surface area contributed by atoms with Crippen LogP contribution in [0.5, 0.6) is 0 Å². The molecule has 0 radical (unpaired) electrons. The van der Waals surface area contributed by atoms with Crippen molar-refractivity contribution in [3.05, 3.63) is 0 Å². The molecule has 1 aliphatic carbocycles. The van der Waals surface area contributed by atoms with Crippen molar-refractivity contribution in [3.63, 3.8) is 0 Å². The predicted molar refractivity (Wildman–Crippen MR) is 48.1 cm³/mol. The molecule has 0 aromatic carbocycles. The van der Waals surface area contributed by atoms with E-state index in [0.29, 0.717) is 11.9 Å². The van der Waals surface area contributed by atoms with Crippen molar-refractivity contribution in [1.82, 2.24) is 0 Å². The third kappa shape index (κ3) is 3.35. The minimum atomic E-state index is 0.420. The quantitative estimate of drug-likeness (QED) is 0.635. The Morgan fingerprint density at radius 2 is 1.92 bits per heavy atom. The minimum absolute atomic E-state index is 0.420. The summed E-state index contributed by atoms with van der Waals surface area (Å²) in [5, 5.41) is 0. The van der Waals surface area contributed by atoms with E-state index < -0.39 is 0 Å². The van der Waals surface area contributed by atoms with Crippen LogP contribution in [0.15, 0.2) is 0 Å². The first-order valence-corrected chi connectivity index (χ1v) is 4.96. The second kappa shape index (κ2) is 5.31. The van der Waals surface area contributed by atoms with Gasteiger partial charge in [0.25, 0.3) is 0 Å². The number of carbonyl (C=O) groups excluding carboxylic acids is 1. The maximum atomic E-state index is 11.1. The number of carbonyl (C=O) groups is 1. The van der Waals surface area contributed by atoms with Crippen molar-refractivity contribution in [2.45, 2.75) is 51.6 Å².